The van der Waals surface area contributed by atoms with Gasteiger partial charge in [0.2, 0.25) is 5.91 Å². The van der Waals surface area contributed by atoms with Crippen LogP contribution >= 0.6 is 0 Å². The van der Waals surface area contributed by atoms with Crippen LogP contribution in [0.4, 0.5) is 10.2 Å². The number of carbonyl (C=O) groups is 1. The van der Waals surface area contributed by atoms with Crippen LogP contribution in [0.15, 0.2) is 36.8 Å². The number of benzene rings is 1. The molecular weight excluding hydrogens is 323 g/mol. The highest BCUT2D eigenvalue weighted by molar-refractivity contribution is 5.87. The molecule has 0 radical (unpaired) electrons. The van der Waals surface area contributed by atoms with Crippen LogP contribution in [-0.2, 0) is 4.79 Å². The number of carbonyl (C=O) groups excluding carboxylic acids is 1. The van der Waals surface area contributed by atoms with E-state index in [-0.39, 0.29) is 17.8 Å². The van der Waals surface area contributed by atoms with Gasteiger partial charge in [-0.3, -0.25) is 4.79 Å². The van der Waals surface area contributed by atoms with Gasteiger partial charge in [0.15, 0.2) is 5.65 Å². The summed E-state index contributed by atoms with van der Waals surface area (Å²) in [6.45, 7) is 4.29. The van der Waals surface area contributed by atoms with Crippen LogP contribution in [0.5, 0.6) is 0 Å². The molecule has 0 fully saturated rings. The lowest BCUT2D eigenvalue weighted by molar-refractivity contribution is -0.121. The summed E-state index contributed by atoms with van der Waals surface area (Å²) < 4.78 is 14.7. The van der Waals surface area contributed by atoms with E-state index in [1.54, 1.807) is 23.0 Å². The van der Waals surface area contributed by atoms with Gasteiger partial charge < -0.3 is 10.6 Å². The Kier molecular flexibility index (Phi) is 4.87. The first kappa shape index (κ1) is 16.8. The number of rotatable bonds is 6. The monoisotopic (exact) mass is 342 g/mol. The van der Waals surface area contributed by atoms with Crippen LogP contribution in [-0.4, -0.2) is 38.2 Å². The molecule has 0 saturated carbocycles. The second-order valence-corrected chi connectivity index (χ2v) is 5.89. The maximum Gasteiger partial charge on any atom is 0.221 e. The lowest BCUT2D eigenvalue weighted by atomic mass is 10.3. The van der Waals surface area contributed by atoms with Crippen molar-refractivity contribution in [2.75, 3.05) is 11.9 Å². The van der Waals surface area contributed by atoms with E-state index >= 15 is 0 Å². The van der Waals surface area contributed by atoms with Crippen LogP contribution in [0, 0.1) is 5.82 Å². The number of anilines is 1. The normalized spacial score (nSPS) is 11.0. The van der Waals surface area contributed by atoms with Gasteiger partial charge >= 0.3 is 0 Å². The fourth-order valence-electron chi connectivity index (χ4n) is 2.44. The van der Waals surface area contributed by atoms with Gasteiger partial charge in [0.05, 0.1) is 17.3 Å². The summed E-state index contributed by atoms with van der Waals surface area (Å²) in [7, 11) is 0. The minimum Gasteiger partial charge on any atom is -0.369 e. The molecule has 3 aromatic rings. The van der Waals surface area contributed by atoms with Crippen LogP contribution in [0.25, 0.3) is 16.7 Å². The first-order valence-corrected chi connectivity index (χ1v) is 8.02. The van der Waals surface area contributed by atoms with Crippen LogP contribution in [0.3, 0.4) is 0 Å². The van der Waals surface area contributed by atoms with Gasteiger partial charge in [-0.25, -0.2) is 19.0 Å². The van der Waals surface area contributed by atoms with Crippen molar-refractivity contribution in [2.24, 2.45) is 0 Å². The van der Waals surface area contributed by atoms with Gasteiger partial charge in [-0.05, 0) is 38.1 Å². The Balaban J connectivity index is 1.77. The second kappa shape index (κ2) is 7.25. The minimum atomic E-state index is -0.308. The first-order chi connectivity index (χ1) is 12.0. The average molecular weight is 342 g/mol. The molecule has 0 spiro atoms. The Hall–Kier alpha value is -3.03. The maximum atomic E-state index is 13.1. The molecule has 0 saturated heterocycles. The molecule has 0 unspecified atom stereocenters. The fraction of sp³-hybridized carbons (Fsp3) is 0.294. The summed E-state index contributed by atoms with van der Waals surface area (Å²) in [5.74, 6) is 0.280. The first-order valence-electron chi connectivity index (χ1n) is 8.02. The molecule has 7 nitrogen and oxygen atoms in total. The number of amides is 1. The Morgan fingerprint density at radius 3 is 2.72 bits per heavy atom. The lowest BCUT2D eigenvalue weighted by Gasteiger charge is -2.09. The largest absolute Gasteiger partial charge is 0.369 e. The number of nitrogens with zero attached hydrogens (tertiary/aromatic N) is 4. The lowest BCUT2D eigenvalue weighted by Crippen LogP contribution is -2.31. The molecular formula is C17H19FN6O. The zero-order valence-electron chi connectivity index (χ0n) is 14.0. The third-order valence-electron chi connectivity index (χ3n) is 3.53. The number of fused-ring (bicyclic) bond motifs is 1. The minimum absolute atomic E-state index is 0.0187. The molecule has 2 heterocycles. The van der Waals surface area contributed by atoms with Gasteiger partial charge in [-0.2, -0.15) is 5.10 Å². The van der Waals surface area contributed by atoms with Crippen molar-refractivity contribution in [3.63, 3.8) is 0 Å². The number of hydrogen-bond donors (Lipinski definition) is 2. The van der Waals surface area contributed by atoms with E-state index in [1.807, 2.05) is 13.8 Å². The molecule has 25 heavy (non-hydrogen) atoms. The number of nitrogens with one attached hydrogen (secondary N) is 2. The molecule has 3 rings (SSSR count). The Bertz CT molecular complexity index is 874. The Labute approximate surface area is 144 Å². The van der Waals surface area contributed by atoms with Crippen molar-refractivity contribution in [2.45, 2.75) is 26.3 Å². The van der Waals surface area contributed by atoms with Crippen molar-refractivity contribution in [1.82, 2.24) is 25.1 Å². The molecule has 130 valence electrons. The summed E-state index contributed by atoms with van der Waals surface area (Å²) in [6, 6.07) is 6.13. The topological polar surface area (TPSA) is 84.7 Å². The molecule has 0 atom stereocenters. The molecule has 1 amide bonds. The highest BCUT2D eigenvalue weighted by atomic mass is 19.1. The fourth-order valence-corrected chi connectivity index (χ4v) is 2.44. The predicted molar refractivity (Wildman–Crippen MR) is 93.0 cm³/mol. The summed E-state index contributed by atoms with van der Waals surface area (Å²) in [6.07, 6.45) is 3.42. The maximum absolute atomic E-state index is 13.1. The van der Waals surface area contributed by atoms with Gasteiger partial charge in [0, 0.05) is 19.0 Å². The van der Waals surface area contributed by atoms with Gasteiger partial charge in [-0.1, -0.05) is 0 Å². The smallest absolute Gasteiger partial charge is 0.221 e. The van der Waals surface area contributed by atoms with E-state index in [9.17, 15) is 9.18 Å². The molecule has 0 bridgehead atoms. The van der Waals surface area contributed by atoms with Crippen LogP contribution < -0.4 is 10.6 Å². The third kappa shape index (κ3) is 3.90. The number of halogens is 1. The second-order valence-electron chi connectivity index (χ2n) is 5.89. The highest BCUT2D eigenvalue weighted by Crippen LogP contribution is 2.21. The molecule has 0 aliphatic heterocycles. The molecule has 0 aliphatic rings. The van der Waals surface area contributed by atoms with E-state index in [4.69, 9.17) is 0 Å². The van der Waals surface area contributed by atoms with Crippen molar-refractivity contribution in [1.29, 1.82) is 0 Å². The van der Waals surface area contributed by atoms with Crippen molar-refractivity contribution in [3.05, 3.63) is 42.6 Å². The summed E-state index contributed by atoms with van der Waals surface area (Å²) in [5.41, 5.74) is 1.31. The molecule has 0 aliphatic carbocycles. The highest BCUT2D eigenvalue weighted by Gasteiger charge is 2.11. The van der Waals surface area contributed by atoms with E-state index in [0.29, 0.717) is 30.1 Å². The van der Waals surface area contributed by atoms with Crippen molar-refractivity contribution < 1.29 is 9.18 Å². The molecule has 1 aromatic carbocycles. The van der Waals surface area contributed by atoms with Gasteiger partial charge in [-0.15, -0.1) is 0 Å². The van der Waals surface area contributed by atoms with E-state index in [0.717, 1.165) is 5.39 Å². The predicted octanol–water partition coefficient (Wildman–Crippen LogP) is 2.28. The zero-order chi connectivity index (χ0) is 17.8. The molecule has 2 N–H and O–H groups in total. The van der Waals surface area contributed by atoms with Crippen molar-refractivity contribution >= 4 is 22.8 Å². The van der Waals surface area contributed by atoms with Crippen LogP contribution in [0.1, 0.15) is 20.3 Å². The molecule has 8 heteroatoms. The SMILES string of the molecule is CC(C)NC(=O)CCNc1ncnc2c1cnn2-c1ccc(F)cc1. The average Bonchev–Trinajstić information content (AvgIpc) is 3.00. The Morgan fingerprint density at radius 2 is 2.00 bits per heavy atom. The quantitative estimate of drug-likeness (QED) is 0.718. The Morgan fingerprint density at radius 1 is 1.24 bits per heavy atom. The van der Waals surface area contributed by atoms with Gasteiger partial charge in [0.1, 0.15) is 18.0 Å². The number of aromatic nitrogens is 4. The third-order valence-corrected chi connectivity index (χ3v) is 3.53. The standard InChI is InChI=1S/C17H19FN6O/c1-11(2)23-15(25)7-8-19-16-14-9-22-24(17(14)21-10-20-16)13-5-3-12(18)4-6-13/h3-6,9-11H,7-8H2,1-2H3,(H,23,25)(H,19,20,21). The van der Waals surface area contributed by atoms with E-state index in [1.165, 1.54) is 18.5 Å². The summed E-state index contributed by atoms with van der Waals surface area (Å²) in [5, 5.41) is 11.0. The van der Waals surface area contributed by atoms with Crippen LogP contribution in [0.2, 0.25) is 0 Å². The summed E-state index contributed by atoms with van der Waals surface area (Å²) in [4.78, 5) is 20.2. The van der Waals surface area contributed by atoms with Crippen molar-refractivity contribution in [3.8, 4) is 5.69 Å². The number of hydrogen-bond acceptors (Lipinski definition) is 5. The summed E-state index contributed by atoms with van der Waals surface area (Å²) >= 11 is 0. The van der Waals surface area contributed by atoms with E-state index in [2.05, 4.69) is 25.7 Å². The zero-order valence-corrected chi connectivity index (χ0v) is 14.0. The van der Waals surface area contributed by atoms with Gasteiger partial charge in [0.25, 0.3) is 0 Å². The van der Waals surface area contributed by atoms with E-state index < -0.39 is 0 Å². The molecule has 2 aromatic heterocycles.